The molecule has 2 heterocycles. The molecule has 0 radical (unpaired) electrons. The average Bonchev–Trinajstić information content (AvgIpc) is 2.69. The number of aromatic nitrogens is 4. The fraction of sp³-hybridized carbons (Fsp3) is 0.364. The Labute approximate surface area is 94.6 Å². The van der Waals surface area contributed by atoms with E-state index in [1.807, 2.05) is 31.8 Å². The third kappa shape index (κ3) is 1.94. The molecule has 1 atom stereocenters. The van der Waals surface area contributed by atoms with Crippen LogP contribution >= 0.6 is 0 Å². The normalized spacial score (nSPS) is 12.7. The van der Waals surface area contributed by atoms with Gasteiger partial charge in [-0.15, -0.1) is 0 Å². The maximum absolute atomic E-state index is 4.37. The molecule has 1 unspecified atom stereocenters. The molecule has 0 bridgehead atoms. The van der Waals surface area contributed by atoms with Gasteiger partial charge in [0.2, 0.25) is 0 Å². The number of nitrogens with zero attached hydrogens (tertiary/aromatic N) is 4. The lowest BCUT2D eigenvalue weighted by molar-refractivity contribution is 0.599. The third-order valence-electron chi connectivity index (χ3n) is 2.50. The van der Waals surface area contributed by atoms with Gasteiger partial charge in [-0.3, -0.25) is 9.97 Å². The summed E-state index contributed by atoms with van der Waals surface area (Å²) in [5, 5.41) is 3.20. The van der Waals surface area contributed by atoms with Crippen molar-refractivity contribution in [1.82, 2.24) is 24.8 Å². The molecule has 2 rings (SSSR count). The van der Waals surface area contributed by atoms with Crippen LogP contribution < -0.4 is 5.32 Å². The molecule has 0 saturated heterocycles. The van der Waals surface area contributed by atoms with Gasteiger partial charge in [-0.2, -0.15) is 0 Å². The van der Waals surface area contributed by atoms with Crippen LogP contribution in [-0.4, -0.2) is 26.6 Å². The zero-order chi connectivity index (χ0) is 11.5. The van der Waals surface area contributed by atoms with Crippen molar-refractivity contribution in [1.29, 1.82) is 0 Å². The van der Waals surface area contributed by atoms with E-state index in [1.165, 1.54) is 0 Å². The van der Waals surface area contributed by atoms with Crippen LogP contribution in [0.1, 0.15) is 23.3 Å². The third-order valence-corrected chi connectivity index (χ3v) is 2.50. The van der Waals surface area contributed by atoms with E-state index in [-0.39, 0.29) is 6.04 Å². The van der Waals surface area contributed by atoms with Crippen LogP contribution in [0.25, 0.3) is 0 Å². The lowest BCUT2D eigenvalue weighted by atomic mass is 10.2. The Morgan fingerprint density at radius 3 is 2.56 bits per heavy atom. The quantitative estimate of drug-likeness (QED) is 0.827. The molecule has 5 nitrogen and oxygen atoms in total. The molecule has 0 aliphatic rings. The van der Waals surface area contributed by atoms with Gasteiger partial charge in [-0.05, 0) is 14.0 Å². The lowest BCUT2D eigenvalue weighted by Gasteiger charge is -2.14. The molecule has 0 aromatic carbocycles. The van der Waals surface area contributed by atoms with E-state index in [0.29, 0.717) is 0 Å². The monoisotopic (exact) mass is 217 g/mol. The van der Waals surface area contributed by atoms with E-state index >= 15 is 0 Å². The first-order valence-corrected chi connectivity index (χ1v) is 5.15. The minimum Gasteiger partial charge on any atom is -0.336 e. The van der Waals surface area contributed by atoms with Crippen molar-refractivity contribution in [2.24, 2.45) is 7.05 Å². The molecule has 0 aliphatic carbocycles. The van der Waals surface area contributed by atoms with E-state index < -0.39 is 0 Å². The summed E-state index contributed by atoms with van der Waals surface area (Å²) in [7, 11) is 3.86. The van der Waals surface area contributed by atoms with E-state index in [2.05, 4.69) is 20.3 Å². The number of nitrogens with one attached hydrogen (secondary N) is 1. The van der Waals surface area contributed by atoms with Gasteiger partial charge in [0.15, 0.2) is 0 Å². The summed E-state index contributed by atoms with van der Waals surface area (Å²) in [6.45, 7) is 1.92. The number of imidazole rings is 1. The Hall–Kier alpha value is -1.75. The van der Waals surface area contributed by atoms with Gasteiger partial charge < -0.3 is 9.88 Å². The highest BCUT2D eigenvalue weighted by Gasteiger charge is 2.17. The second-order valence-electron chi connectivity index (χ2n) is 3.70. The topological polar surface area (TPSA) is 55.6 Å². The highest BCUT2D eigenvalue weighted by Crippen LogP contribution is 2.16. The van der Waals surface area contributed by atoms with Crippen LogP contribution in [0.3, 0.4) is 0 Å². The van der Waals surface area contributed by atoms with Crippen molar-refractivity contribution in [3.8, 4) is 0 Å². The van der Waals surface area contributed by atoms with Crippen molar-refractivity contribution in [3.63, 3.8) is 0 Å². The van der Waals surface area contributed by atoms with Crippen LogP contribution in [0.15, 0.2) is 24.8 Å². The second kappa shape index (κ2) is 4.40. The molecular formula is C11H15N5. The van der Waals surface area contributed by atoms with E-state index in [9.17, 15) is 0 Å². The van der Waals surface area contributed by atoms with Crippen molar-refractivity contribution in [2.75, 3.05) is 7.05 Å². The molecule has 0 aliphatic heterocycles. The van der Waals surface area contributed by atoms with E-state index in [4.69, 9.17) is 0 Å². The van der Waals surface area contributed by atoms with Crippen molar-refractivity contribution in [2.45, 2.75) is 13.0 Å². The standard InChI is InChI=1S/C11H15N5/c1-8-6-15-9(7-14-8)10(12-2)11-13-4-5-16(11)3/h4-7,10,12H,1-3H3. The zero-order valence-corrected chi connectivity index (χ0v) is 9.68. The molecule has 16 heavy (non-hydrogen) atoms. The Balaban J connectivity index is 2.37. The largest absolute Gasteiger partial charge is 0.336 e. The second-order valence-corrected chi connectivity index (χ2v) is 3.70. The van der Waals surface area contributed by atoms with Crippen LogP contribution in [-0.2, 0) is 7.05 Å². The predicted octanol–water partition coefficient (Wildman–Crippen LogP) is 0.827. The van der Waals surface area contributed by atoms with Crippen molar-refractivity contribution in [3.05, 3.63) is 42.0 Å². The van der Waals surface area contributed by atoms with Gasteiger partial charge in [0.05, 0.1) is 17.6 Å². The lowest BCUT2D eigenvalue weighted by Crippen LogP contribution is -2.22. The Kier molecular flexibility index (Phi) is 2.96. The highest BCUT2D eigenvalue weighted by molar-refractivity contribution is 5.15. The average molecular weight is 217 g/mol. The van der Waals surface area contributed by atoms with Gasteiger partial charge in [0, 0.05) is 25.6 Å². The number of aryl methyl sites for hydroxylation is 2. The molecule has 0 spiro atoms. The molecular weight excluding hydrogens is 202 g/mol. The van der Waals surface area contributed by atoms with Crippen LogP contribution in [0.4, 0.5) is 0 Å². The summed E-state index contributed by atoms with van der Waals surface area (Å²) in [5.74, 6) is 0.931. The Morgan fingerprint density at radius 2 is 2.06 bits per heavy atom. The minimum absolute atomic E-state index is 0.0203. The summed E-state index contributed by atoms with van der Waals surface area (Å²) < 4.78 is 1.97. The number of hydrogen-bond acceptors (Lipinski definition) is 4. The molecule has 2 aromatic heterocycles. The smallest absolute Gasteiger partial charge is 0.131 e. The van der Waals surface area contributed by atoms with Gasteiger partial charge >= 0.3 is 0 Å². The summed E-state index contributed by atoms with van der Waals surface area (Å²) >= 11 is 0. The van der Waals surface area contributed by atoms with Crippen LogP contribution in [0.2, 0.25) is 0 Å². The summed E-state index contributed by atoms with van der Waals surface area (Å²) in [6.07, 6.45) is 7.25. The fourth-order valence-corrected chi connectivity index (χ4v) is 1.62. The first kappa shape index (κ1) is 10.8. The fourth-order valence-electron chi connectivity index (χ4n) is 1.62. The Bertz CT molecular complexity index is 459. The summed E-state index contributed by atoms with van der Waals surface area (Å²) in [6, 6.07) is -0.0203. The zero-order valence-electron chi connectivity index (χ0n) is 9.68. The minimum atomic E-state index is -0.0203. The Morgan fingerprint density at radius 1 is 1.25 bits per heavy atom. The van der Waals surface area contributed by atoms with Gasteiger partial charge in [-0.1, -0.05) is 0 Å². The first-order valence-electron chi connectivity index (χ1n) is 5.15. The summed E-state index contributed by atoms with van der Waals surface area (Å²) in [5.41, 5.74) is 1.79. The van der Waals surface area contributed by atoms with Gasteiger partial charge in [0.25, 0.3) is 0 Å². The number of rotatable bonds is 3. The molecule has 2 aromatic rings. The summed E-state index contributed by atoms with van der Waals surface area (Å²) in [4.78, 5) is 12.9. The van der Waals surface area contributed by atoms with E-state index in [1.54, 1.807) is 18.6 Å². The van der Waals surface area contributed by atoms with Crippen LogP contribution in [0, 0.1) is 6.92 Å². The maximum Gasteiger partial charge on any atom is 0.131 e. The van der Waals surface area contributed by atoms with Crippen molar-refractivity contribution < 1.29 is 0 Å². The SMILES string of the molecule is CNC(c1cnc(C)cn1)c1nccn1C. The predicted molar refractivity (Wildman–Crippen MR) is 60.9 cm³/mol. The molecule has 5 heteroatoms. The highest BCUT2D eigenvalue weighted by atomic mass is 15.1. The van der Waals surface area contributed by atoms with E-state index in [0.717, 1.165) is 17.2 Å². The molecule has 0 fully saturated rings. The first-order chi connectivity index (χ1) is 7.72. The number of hydrogen-bond donors (Lipinski definition) is 1. The molecule has 0 amide bonds. The van der Waals surface area contributed by atoms with Crippen LogP contribution in [0.5, 0.6) is 0 Å². The van der Waals surface area contributed by atoms with Gasteiger partial charge in [-0.25, -0.2) is 4.98 Å². The van der Waals surface area contributed by atoms with Gasteiger partial charge in [0.1, 0.15) is 11.9 Å². The molecule has 0 saturated carbocycles. The molecule has 84 valence electrons. The molecule has 1 N–H and O–H groups in total. The maximum atomic E-state index is 4.37. The van der Waals surface area contributed by atoms with Crippen molar-refractivity contribution >= 4 is 0 Å².